The summed E-state index contributed by atoms with van der Waals surface area (Å²) in [6.45, 7) is 3.02. The van der Waals surface area contributed by atoms with Gasteiger partial charge < -0.3 is 13.9 Å². The van der Waals surface area contributed by atoms with E-state index in [-0.39, 0.29) is 0 Å². The topological polar surface area (TPSA) is 65.7 Å². The van der Waals surface area contributed by atoms with Crippen LogP contribution in [0, 0.1) is 17.8 Å². The van der Waals surface area contributed by atoms with Crippen molar-refractivity contribution in [2.45, 2.75) is 25.6 Å². The number of carbonyl (C=O) groups excluding carboxylic acids is 2. The summed E-state index contributed by atoms with van der Waals surface area (Å²) in [4.78, 5) is 24.7. The van der Waals surface area contributed by atoms with Gasteiger partial charge in [-0.2, -0.15) is 0 Å². The molecule has 0 N–H and O–H groups in total. The highest BCUT2D eigenvalue weighted by atomic mass is 16.7. The summed E-state index contributed by atoms with van der Waals surface area (Å²) >= 11 is 0. The van der Waals surface area contributed by atoms with Crippen LogP contribution in [0.4, 0.5) is 0 Å². The minimum Gasteiger partial charge on any atom is -0.468 e. The molecule has 5 heteroatoms. The standard InChI is InChI=1S/C19H16O5/c1-19(2)23-17(20)16(18(21)24-19)14(15-9-6-12-22-15)11-10-13-7-4-3-5-8-13/h3-9,12,14,16H,1-2H3/t14-/m0/s1. The van der Waals surface area contributed by atoms with E-state index in [1.165, 1.54) is 20.1 Å². The summed E-state index contributed by atoms with van der Waals surface area (Å²) in [7, 11) is 0. The zero-order valence-corrected chi connectivity index (χ0v) is 13.3. The lowest BCUT2D eigenvalue weighted by atomic mass is 9.89. The van der Waals surface area contributed by atoms with Gasteiger partial charge in [-0.1, -0.05) is 30.0 Å². The highest BCUT2D eigenvalue weighted by Crippen LogP contribution is 2.33. The number of carbonyl (C=O) groups is 2. The second-order valence-corrected chi connectivity index (χ2v) is 5.85. The Labute approximate surface area is 139 Å². The van der Waals surface area contributed by atoms with E-state index < -0.39 is 29.6 Å². The average Bonchev–Trinajstić information content (AvgIpc) is 3.04. The number of rotatable bonds is 2. The van der Waals surface area contributed by atoms with Crippen molar-refractivity contribution >= 4 is 11.9 Å². The first kappa shape index (κ1) is 15.9. The molecule has 2 aromatic rings. The molecule has 1 aliphatic heterocycles. The maximum atomic E-state index is 12.3. The van der Waals surface area contributed by atoms with Crippen molar-refractivity contribution in [3.8, 4) is 11.8 Å². The lowest BCUT2D eigenvalue weighted by Gasteiger charge is -2.34. The lowest BCUT2D eigenvalue weighted by molar-refractivity contribution is -0.240. The Kier molecular flexibility index (Phi) is 4.13. The summed E-state index contributed by atoms with van der Waals surface area (Å²) in [6, 6.07) is 12.6. The van der Waals surface area contributed by atoms with Gasteiger partial charge in [0.15, 0.2) is 5.92 Å². The number of cyclic esters (lactones) is 2. The highest BCUT2D eigenvalue weighted by molar-refractivity contribution is 5.98. The molecule has 0 aliphatic carbocycles. The number of esters is 2. The van der Waals surface area contributed by atoms with E-state index in [4.69, 9.17) is 13.9 Å². The molecule has 0 unspecified atom stereocenters. The Hall–Kier alpha value is -3.00. The minimum absolute atomic E-state index is 0.414. The summed E-state index contributed by atoms with van der Waals surface area (Å²) in [5.41, 5.74) is 0.770. The Bertz CT molecular complexity index is 773. The molecular formula is C19H16O5. The van der Waals surface area contributed by atoms with Crippen LogP contribution in [0.1, 0.15) is 31.1 Å². The molecule has 122 valence electrons. The molecule has 0 radical (unpaired) electrons. The number of benzene rings is 1. The molecule has 2 heterocycles. The molecule has 24 heavy (non-hydrogen) atoms. The van der Waals surface area contributed by atoms with Crippen LogP contribution >= 0.6 is 0 Å². The minimum atomic E-state index is -1.27. The van der Waals surface area contributed by atoms with Gasteiger partial charge in [0.05, 0.1) is 6.26 Å². The predicted molar refractivity (Wildman–Crippen MR) is 84.5 cm³/mol. The number of hydrogen-bond donors (Lipinski definition) is 0. The van der Waals surface area contributed by atoms with Crippen LogP contribution in [0.5, 0.6) is 0 Å². The number of furan rings is 1. The summed E-state index contributed by atoms with van der Waals surface area (Å²) in [6.07, 6.45) is 1.47. The van der Waals surface area contributed by atoms with E-state index in [1.807, 2.05) is 30.3 Å². The quantitative estimate of drug-likeness (QED) is 0.483. The SMILES string of the molecule is CC1(C)OC(=O)C([C@@H](C#Cc2ccccc2)c2ccco2)C(=O)O1. The molecule has 1 atom stereocenters. The van der Waals surface area contributed by atoms with Gasteiger partial charge in [-0.3, -0.25) is 9.59 Å². The molecule has 0 saturated carbocycles. The summed E-state index contributed by atoms with van der Waals surface area (Å²) < 4.78 is 15.8. The second kappa shape index (κ2) is 6.25. The van der Waals surface area contributed by atoms with E-state index in [9.17, 15) is 9.59 Å². The third-order valence-corrected chi connectivity index (χ3v) is 3.53. The van der Waals surface area contributed by atoms with Crippen molar-refractivity contribution in [3.63, 3.8) is 0 Å². The molecular weight excluding hydrogens is 308 g/mol. The third-order valence-electron chi connectivity index (χ3n) is 3.53. The normalized spacial score (nSPS) is 18.1. The van der Waals surface area contributed by atoms with Crippen molar-refractivity contribution in [2.24, 2.45) is 5.92 Å². The van der Waals surface area contributed by atoms with Gasteiger partial charge in [0.1, 0.15) is 11.7 Å². The van der Waals surface area contributed by atoms with Gasteiger partial charge in [-0.25, -0.2) is 0 Å². The van der Waals surface area contributed by atoms with Gasteiger partial charge in [0.2, 0.25) is 0 Å². The Morgan fingerprint density at radius 3 is 2.25 bits per heavy atom. The van der Waals surface area contributed by atoms with Crippen LogP contribution in [0.3, 0.4) is 0 Å². The third kappa shape index (κ3) is 3.33. The Morgan fingerprint density at radius 1 is 1.00 bits per heavy atom. The van der Waals surface area contributed by atoms with Crippen LogP contribution in [0.25, 0.3) is 0 Å². The van der Waals surface area contributed by atoms with Gasteiger partial charge in [0.25, 0.3) is 5.79 Å². The fraction of sp³-hybridized carbons (Fsp3) is 0.263. The Morgan fingerprint density at radius 2 is 1.67 bits per heavy atom. The number of ether oxygens (including phenoxy) is 2. The molecule has 5 nitrogen and oxygen atoms in total. The second-order valence-electron chi connectivity index (χ2n) is 5.85. The molecule has 3 rings (SSSR count). The van der Waals surface area contributed by atoms with Crippen LogP contribution in [-0.2, 0) is 19.1 Å². The summed E-state index contributed by atoms with van der Waals surface area (Å²) in [5, 5.41) is 0. The molecule has 0 bridgehead atoms. The van der Waals surface area contributed by atoms with Crippen LogP contribution < -0.4 is 0 Å². The monoisotopic (exact) mass is 324 g/mol. The first-order valence-electron chi connectivity index (χ1n) is 7.52. The maximum absolute atomic E-state index is 12.3. The molecule has 0 spiro atoms. The van der Waals surface area contributed by atoms with E-state index in [0.717, 1.165) is 5.56 Å². The van der Waals surface area contributed by atoms with E-state index in [0.29, 0.717) is 5.76 Å². The Balaban J connectivity index is 1.96. The van der Waals surface area contributed by atoms with Crippen molar-refractivity contribution in [1.82, 2.24) is 0 Å². The molecule has 1 aromatic heterocycles. The number of hydrogen-bond acceptors (Lipinski definition) is 5. The molecule has 0 amide bonds. The zero-order chi connectivity index (χ0) is 17.2. The summed E-state index contributed by atoms with van der Waals surface area (Å²) in [5.74, 6) is 1.76. The maximum Gasteiger partial charge on any atom is 0.325 e. The molecule has 1 aromatic carbocycles. The average molecular weight is 324 g/mol. The van der Waals surface area contributed by atoms with Gasteiger partial charge in [-0.05, 0) is 24.3 Å². The molecule has 1 fully saturated rings. The molecule has 1 saturated heterocycles. The highest BCUT2D eigenvalue weighted by Gasteiger charge is 2.48. The van der Waals surface area contributed by atoms with E-state index in [1.54, 1.807) is 12.1 Å². The van der Waals surface area contributed by atoms with Gasteiger partial charge >= 0.3 is 11.9 Å². The van der Waals surface area contributed by atoms with Gasteiger partial charge in [0, 0.05) is 19.4 Å². The van der Waals surface area contributed by atoms with Crippen LogP contribution in [-0.4, -0.2) is 17.7 Å². The fourth-order valence-electron chi connectivity index (χ4n) is 2.47. The smallest absolute Gasteiger partial charge is 0.325 e. The largest absolute Gasteiger partial charge is 0.468 e. The van der Waals surface area contributed by atoms with Crippen LogP contribution in [0.2, 0.25) is 0 Å². The first-order chi connectivity index (χ1) is 11.5. The lowest BCUT2D eigenvalue weighted by Crippen LogP contribution is -2.48. The zero-order valence-electron chi connectivity index (χ0n) is 13.3. The van der Waals surface area contributed by atoms with Gasteiger partial charge in [-0.15, -0.1) is 0 Å². The predicted octanol–water partition coefficient (Wildman–Crippen LogP) is 2.87. The van der Waals surface area contributed by atoms with Crippen molar-refractivity contribution in [1.29, 1.82) is 0 Å². The van der Waals surface area contributed by atoms with Crippen molar-refractivity contribution in [3.05, 3.63) is 60.1 Å². The molecule has 1 aliphatic rings. The van der Waals surface area contributed by atoms with E-state index >= 15 is 0 Å². The van der Waals surface area contributed by atoms with Crippen molar-refractivity contribution in [2.75, 3.05) is 0 Å². The fourth-order valence-corrected chi connectivity index (χ4v) is 2.47. The van der Waals surface area contributed by atoms with Crippen molar-refractivity contribution < 1.29 is 23.5 Å². The van der Waals surface area contributed by atoms with E-state index in [2.05, 4.69) is 11.8 Å². The van der Waals surface area contributed by atoms with Crippen LogP contribution in [0.15, 0.2) is 53.1 Å². The first-order valence-corrected chi connectivity index (χ1v) is 7.52.